The van der Waals surface area contributed by atoms with Gasteiger partial charge < -0.3 is 30.7 Å². The molecule has 9 nitrogen and oxygen atoms in total. The first kappa shape index (κ1) is 31.7. The van der Waals surface area contributed by atoms with Crippen LogP contribution in [0.15, 0.2) is 84.9 Å². The van der Waals surface area contributed by atoms with Crippen LogP contribution in [0, 0.1) is 0 Å². The van der Waals surface area contributed by atoms with Crippen LogP contribution < -0.4 is 21.3 Å². The lowest BCUT2D eigenvalue weighted by Crippen LogP contribution is -2.57. The molecule has 0 spiro atoms. The SMILES string of the molecule is COC(=O)NC(C(=O)Nc1ccccc1CC[C@@H]1CN[C@H](C(=O)NC(C)(C)C)CO1)C(c1ccccc1)c1ccccc1. The molecule has 0 aliphatic carbocycles. The predicted molar refractivity (Wildman–Crippen MR) is 167 cm³/mol. The second-order valence-electron chi connectivity index (χ2n) is 11.8. The molecule has 228 valence electrons. The highest BCUT2D eigenvalue weighted by Gasteiger charge is 2.33. The van der Waals surface area contributed by atoms with Gasteiger partial charge in [0.2, 0.25) is 11.8 Å². The summed E-state index contributed by atoms with van der Waals surface area (Å²) >= 11 is 0. The van der Waals surface area contributed by atoms with Gasteiger partial charge in [-0.1, -0.05) is 78.9 Å². The fourth-order valence-electron chi connectivity index (χ4n) is 5.21. The van der Waals surface area contributed by atoms with Crippen LogP contribution in [0.3, 0.4) is 0 Å². The van der Waals surface area contributed by atoms with E-state index >= 15 is 0 Å². The lowest BCUT2D eigenvalue weighted by molar-refractivity contribution is -0.129. The first-order valence-corrected chi connectivity index (χ1v) is 14.6. The molecule has 3 aromatic carbocycles. The summed E-state index contributed by atoms with van der Waals surface area (Å²) in [5.41, 5.74) is 3.07. The molecule has 0 aromatic heterocycles. The van der Waals surface area contributed by atoms with E-state index in [0.717, 1.165) is 16.7 Å². The van der Waals surface area contributed by atoms with E-state index in [-0.39, 0.29) is 29.5 Å². The third kappa shape index (κ3) is 9.14. The number of aryl methyl sites for hydroxylation is 1. The molecule has 1 aliphatic heterocycles. The molecule has 0 saturated carbocycles. The maximum absolute atomic E-state index is 14.0. The number of methoxy groups -OCH3 is 1. The van der Waals surface area contributed by atoms with Crippen LogP contribution >= 0.6 is 0 Å². The van der Waals surface area contributed by atoms with E-state index in [1.807, 2.05) is 106 Å². The van der Waals surface area contributed by atoms with Crippen molar-refractivity contribution in [3.63, 3.8) is 0 Å². The maximum Gasteiger partial charge on any atom is 0.407 e. The predicted octanol–water partition coefficient (Wildman–Crippen LogP) is 4.39. The maximum atomic E-state index is 14.0. The van der Waals surface area contributed by atoms with E-state index in [2.05, 4.69) is 21.3 Å². The summed E-state index contributed by atoms with van der Waals surface area (Å²) in [6.45, 7) is 6.70. The lowest BCUT2D eigenvalue weighted by Gasteiger charge is -2.32. The average Bonchev–Trinajstić information content (AvgIpc) is 3.00. The van der Waals surface area contributed by atoms with Gasteiger partial charge in [-0.25, -0.2) is 4.79 Å². The number of hydrogen-bond donors (Lipinski definition) is 4. The molecule has 43 heavy (non-hydrogen) atoms. The quantitative estimate of drug-likeness (QED) is 0.280. The van der Waals surface area contributed by atoms with Gasteiger partial charge in [0.25, 0.3) is 0 Å². The molecule has 1 unspecified atom stereocenters. The average molecular weight is 587 g/mol. The number of anilines is 1. The Morgan fingerprint density at radius 3 is 2.09 bits per heavy atom. The first-order valence-electron chi connectivity index (χ1n) is 14.6. The summed E-state index contributed by atoms with van der Waals surface area (Å²) in [6, 6.07) is 25.5. The number of ether oxygens (including phenoxy) is 2. The van der Waals surface area contributed by atoms with E-state index in [1.165, 1.54) is 7.11 Å². The van der Waals surface area contributed by atoms with Crippen LogP contribution in [-0.2, 0) is 25.5 Å². The molecular weight excluding hydrogens is 544 g/mol. The molecule has 1 heterocycles. The van der Waals surface area contributed by atoms with Crippen molar-refractivity contribution >= 4 is 23.6 Å². The van der Waals surface area contributed by atoms with Crippen LogP contribution in [0.2, 0.25) is 0 Å². The summed E-state index contributed by atoms with van der Waals surface area (Å²) in [7, 11) is 1.28. The summed E-state index contributed by atoms with van der Waals surface area (Å²) in [6.07, 6.45) is 0.587. The molecule has 0 radical (unpaired) electrons. The third-order valence-electron chi connectivity index (χ3n) is 7.31. The molecule has 9 heteroatoms. The van der Waals surface area contributed by atoms with Gasteiger partial charge in [0.05, 0.1) is 19.8 Å². The number of nitrogens with one attached hydrogen (secondary N) is 4. The largest absolute Gasteiger partial charge is 0.453 e. The van der Waals surface area contributed by atoms with Crippen LogP contribution in [0.4, 0.5) is 10.5 Å². The minimum atomic E-state index is -0.952. The normalized spacial score (nSPS) is 17.5. The van der Waals surface area contributed by atoms with Gasteiger partial charge in [-0.05, 0) is 56.4 Å². The number of benzene rings is 3. The number of amides is 3. The summed E-state index contributed by atoms with van der Waals surface area (Å²) in [5, 5.41) is 12.1. The van der Waals surface area contributed by atoms with Crippen molar-refractivity contribution in [2.45, 2.75) is 63.3 Å². The van der Waals surface area contributed by atoms with Crippen molar-refractivity contribution in [1.29, 1.82) is 0 Å². The third-order valence-corrected chi connectivity index (χ3v) is 7.31. The highest BCUT2D eigenvalue weighted by Crippen LogP contribution is 2.30. The van der Waals surface area contributed by atoms with E-state index in [0.29, 0.717) is 31.7 Å². The second-order valence-corrected chi connectivity index (χ2v) is 11.8. The van der Waals surface area contributed by atoms with Crippen molar-refractivity contribution in [3.05, 3.63) is 102 Å². The van der Waals surface area contributed by atoms with Gasteiger partial charge in [0.15, 0.2) is 0 Å². The molecular formula is C34H42N4O5. The summed E-state index contributed by atoms with van der Waals surface area (Å²) in [5.74, 6) is -0.893. The Labute approximate surface area is 253 Å². The monoisotopic (exact) mass is 586 g/mol. The smallest absolute Gasteiger partial charge is 0.407 e. The number of para-hydroxylation sites is 1. The Morgan fingerprint density at radius 1 is 0.930 bits per heavy atom. The number of hydrogen-bond acceptors (Lipinski definition) is 6. The van der Waals surface area contributed by atoms with Crippen LogP contribution in [0.1, 0.15) is 49.8 Å². The molecule has 4 N–H and O–H groups in total. The molecule has 4 rings (SSSR count). The molecule has 1 aliphatic rings. The lowest BCUT2D eigenvalue weighted by atomic mass is 9.84. The van der Waals surface area contributed by atoms with Gasteiger partial charge in [-0.3, -0.25) is 9.59 Å². The Balaban J connectivity index is 1.47. The number of rotatable bonds is 10. The van der Waals surface area contributed by atoms with Gasteiger partial charge >= 0.3 is 6.09 Å². The first-order chi connectivity index (χ1) is 20.6. The summed E-state index contributed by atoms with van der Waals surface area (Å²) in [4.78, 5) is 38.9. The molecule has 3 atom stereocenters. The zero-order valence-corrected chi connectivity index (χ0v) is 25.3. The standard InChI is InChI=1S/C34H42N4O5/c1-34(2,3)38-31(39)28-22-43-26(21-35-28)20-19-23-13-11-12-18-27(23)36-32(40)30(37-33(41)42-4)29(24-14-7-5-8-15-24)25-16-9-6-10-17-25/h5-18,26,28-30,35H,19-22H2,1-4H3,(H,36,40)(H,37,41)(H,38,39)/t26-,28+,30?/m1/s1. The highest BCUT2D eigenvalue weighted by molar-refractivity contribution is 5.98. The molecule has 1 fully saturated rings. The van der Waals surface area contributed by atoms with Crippen molar-refractivity contribution in [2.24, 2.45) is 0 Å². The van der Waals surface area contributed by atoms with Gasteiger partial charge in [0.1, 0.15) is 12.1 Å². The van der Waals surface area contributed by atoms with Crippen LogP contribution in [-0.4, -0.2) is 61.9 Å². The summed E-state index contributed by atoms with van der Waals surface area (Å²) < 4.78 is 10.9. The molecule has 0 bridgehead atoms. The molecule has 3 amide bonds. The minimum Gasteiger partial charge on any atom is -0.453 e. The van der Waals surface area contributed by atoms with Gasteiger partial charge in [-0.15, -0.1) is 0 Å². The minimum absolute atomic E-state index is 0.0709. The van der Waals surface area contributed by atoms with Crippen LogP contribution in [0.5, 0.6) is 0 Å². The van der Waals surface area contributed by atoms with E-state index in [1.54, 1.807) is 0 Å². The molecule has 1 saturated heterocycles. The molecule has 3 aromatic rings. The van der Waals surface area contributed by atoms with Crippen molar-refractivity contribution in [2.75, 3.05) is 25.6 Å². The van der Waals surface area contributed by atoms with E-state index < -0.39 is 18.1 Å². The fourth-order valence-corrected chi connectivity index (χ4v) is 5.21. The van der Waals surface area contributed by atoms with Crippen LogP contribution in [0.25, 0.3) is 0 Å². The zero-order valence-electron chi connectivity index (χ0n) is 25.3. The zero-order chi connectivity index (χ0) is 30.8. The van der Waals surface area contributed by atoms with Crippen molar-refractivity contribution < 1.29 is 23.9 Å². The van der Waals surface area contributed by atoms with Gasteiger partial charge in [0, 0.05) is 23.7 Å². The van der Waals surface area contributed by atoms with Crippen molar-refractivity contribution in [1.82, 2.24) is 16.0 Å². The number of carbonyl (C=O) groups is 3. The number of carbonyl (C=O) groups excluding carboxylic acids is 3. The van der Waals surface area contributed by atoms with Crippen molar-refractivity contribution in [3.8, 4) is 0 Å². The number of alkyl carbamates (subject to hydrolysis) is 1. The van der Waals surface area contributed by atoms with E-state index in [4.69, 9.17) is 9.47 Å². The second kappa shape index (κ2) is 14.8. The number of morpholine rings is 1. The Hall–Kier alpha value is -4.21. The van der Waals surface area contributed by atoms with Gasteiger partial charge in [-0.2, -0.15) is 0 Å². The fraction of sp³-hybridized carbons (Fsp3) is 0.382. The highest BCUT2D eigenvalue weighted by atomic mass is 16.5. The Bertz CT molecular complexity index is 1310. The Morgan fingerprint density at radius 2 is 1.53 bits per heavy atom. The topological polar surface area (TPSA) is 118 Å². The van der Waals surface area contributed by atoms with E-state index in [9.17, 15) is 14.4 Å². The Kier molecular flexibility index (Phi) is 10.9.